The molecule has 2 amide bonds. The molecule has 0 radical (unpaired) electrons. The molecule has 0 unspecified atom stereocenters. The van der Waals surface area contributed by atoms with E-state index in [0.717, 1.165) is 31.3 Å². The summed E-state index contributed by atoms with van der Waals surface area (Å²) in [4.78, 5) is 26.8. The van der Waals surface area contributed by atoms with Gasteiger partial charge in [0.1, 0.15) is 21.3 Å². The lowest BCUT2D eigenvalue weighted by atomic mass is 10.0. The summed E-state index contributed by atoms with van der Waals surface area (Å²) >= 11 is 15.7. The highest BCUT2D eigenvalue weighted by molar-refractivity contribution is 7.22. The Morgan fingerprint density at radius 2 is 1.02 bits per heavy atom. The molecule has 0 fully saturated rings. The first-order chi connectivity index (χ1) is 20.8. The number of hydrogen-bond acceptors (Lipinski definition) is 6. The van der Waals surface area contributed by atoms with Crippen LogP contribution in [0.1, 0.15) is 30.5 Å². The van der Waals surface area contributed by atoms with E-state index in [4.69, 9.17) is 32.7 Å². The van der Waals surface area contributed by atoms with E-state index < -0.39 is 0 Å². The van der Waals surface area contributed by atoms with Crippen molar-refractivity contribution in [1.29, 1.82) is 0 Å². The largest absolute Gasteiger partial charge is 0.497 e. The van der Waals surface area contributed by atoms with Crippen LogP contribution in [0.2, 0.25) is 10.0 Å². The first-order valence-corrected chi connectivity index (χ1v) is 15.5. The molecule has 0 aliphatic heterocycles. The highest BCUT2D eigenvalue weighted by atomic mass is 35.5. The van der Waals surface area contributed by atoms with Gasteiger partial charge in [0.2, 0.25) is 0 Å². The van der Waals surface area contributed by atoms with Crippen molar-refractivity contribution in [2.75, 3.05) is 24.9 Å². The fourth-order valence-corrected chi connectivity index (χ4v) is 7.54. The zero-order valence-corrected chi connectivity index (χ0v) is 26.1. The van der Waals surface area contributed by atoms with Gasteiger partial charge in [-0.15, -0.1) is 22.7 Å². The predicted octanol–water partition coefficient (Wildman–Crippen LogP) is 9.54. The third-order valence-corrected chi connectivity index (χ3v) is 10.2. The Balaban J connectivity index is 1.08. The van der Waals surface area contributed by atoms with Crippen molar-refractivity contribution < 1.29 is 19.1 Å². The zero-order chi connectivity index (χ0) is 30.1. The van der Waals surface area contributed by atoms with Gasteiger partial charge in [-0.3, -0.25) is 9.59 Å². The topological polar surface area (TPSA) is 76.7 Å². The third-order valence-electron chi connectivity index (χ3n) is 6.92. The monoisotopic (exact) mass is 646 g/mol. The number of anilines is 2. The molecular weight excluding hydrogens is 623 g/mol. The van der Waals surface area contributed by atoms with Gasteiger partial charge < -0.3 is 20.1 Å². The number of halogens is 2. The summed E-state index contributed by atoms with van der Waals surface area (Å²) in [5.41, 5.74) is 3.51. The number of thiophene rings is 2. The minimum absolute atomic E-state index is 0.257. The number of fused-ring (bicyclic) bond motifs is 2. The molecule has 2 N–H and O–H groups in total. The highest BCUT2D eigenvalue weighted by Gasteiger charge is 2.19. The van der Waals surface area contributed by atoms with Gasteiger partial charge in [0, 0.05) is 31.5 Å². The lowest BCUT2D eigenvalue weighted by molar-refractivity contribution is 0.102. The molecular formula is C33H24Cl2N2O4S2. The van der Waals surface area contributed by atoms with Gasteiger partial charge >= 0.3 is 0 Å². The summed E-state index contributed by atoms with van der Waals surface area (Å²) in [6.45, 7) is 0. The Kier molecular flexibility index (Phi) is 8.27. The summed E-state index contributed by atoms with van der Waals surface area (Å²) in [6, 6.07) is 26.5. The number of methoxy groups -OCH3 is 2. The smallest absolute Gasteiger partial charge is 0.267 e. The van der Waals surface area contributed by atoms with Gasteiger partial charge in [0.15, 0.2) is 0 Å². The zero-order valence-electron chi connectivity index (χ0n) is 23.0. The van der Waals surface area contributed by atoms with Crippen LogP contribution >= 0.6 is 45.9 Å². The SMILES string of the molecule is COc1ccc2c(Cl)c(C(=O)Nc3ccc(Cc4ccc(NC(=O)c5sc6cc(OC)ccc6c5Cl)cc4)cc3)sc2c1. The van der Waals surface area contributed by atoms with Crippen molar-refractivity contribution in [2.24, 2.45) is 0 Å². The summed E-state index contributed by atoms with van der Waals surface area (Å²) in [5, 5.41) is 8.39. The number of carbonyl (C=O) groups excluding carboxylic acids is 2. The molecule has 0 aliphatic carbocycles. The normalized spacial score (nSPS) is 11.1. The van der Waals surface area contributed by atoms with Crippen molar-refractivity contribution in [3.8, 4) is 11.5 Å². The average Bonchev–Trinajstić information content (AvgIpc) is 3.54. The number of benzene rings is 4. The lowest BCUT2D eigenvalue weighted by Gasteiger charge is -2.08. The van der Waals surface area contributed by atoms with E-state index in [-0.39, 0.29) is 11.8 Å². The Hall–Kier alpha value is -4.08. The second-order valence-electron chi connectivity index (χ2n) is 9.69. The van der Waals surface area contributed by atoms with E-state index in [2.05, 4.69) is 10.6 Å². The number of nitrogens with one attached hydrogen (secondary N) is 2. The van der Waals surface area contributed by atoms with Crippen LogP contribution < -0.4 is 20.1 Å². The second-order valence-corrected chi connectivity index (χ2v) is 12.6. The average molecular weight is 648 g/mol. The quantitative estimate of drug-likeness (QED) is 0.173. The molecule has 4 aromatic carbocycles. The number of ether oxygens (including phenoxy) is 2. The van der Waals surface area contributed by atoms with E-state index in [1.165, 1.54) is 22.7 Å². The minimum Gasteiger partial charge on any atom is -0.497 e. The summed E-state index contributed by atoms with van der Waals surface area (Å²) in [6.07, 6.45) is 0.691. The van der Waals surface area contributed by atoms with Crippen LogP contribution in [0.25, 0.3) is 20.2 Å². The Morgan fingerprint density at radius 1 is 0.628 bits per heavy atom. The number of amides is 2. The maximum absolute atomic E-state index is 13.0. The fraction of sp³-hybridized carbons (Fsp3) is 0.0909. The minimum atomic E-state index is -0.257. The summed E-state index contributed by atoms with van der Waals surface area (Å²) < 4.78 is 12.3. The molecule has 0 bridgehead atoms. The van der Waals surface area contributed by atoms with E-state index in [1.54, 1.807) is 14.2 Å². The molecule has 0 spiro atoms. The maximum atomic E-state index is 13.0. The van der Waals surface area contributed by atoms with Crippen molar-refractivity contribution >= 4 is 89.2 Å². The molecule has 2 heterocycles. The van der Waals surface area contributed by atoms with Gasteiger partial charge in [0.05, 0.1) is 24.3 Å². The van der Waals surface area contributed by atoms with Crippen LogP contribution in [0.5, 0.6) is 11.5 Å². The molecule has 0 aliphatic rings. The molecule has 43 heavy (non-hydrogen) atoms. The first-order valence-electron chi connectivity index (χ1n) is 13.2. The molecule has 6 rings (SSSR count). The van der Waals surface area contributed by atoms with Crippen LogP contribution in [0.3, 0.4) is 0 Å². The van der Waals surface area contributed by atoms with Gasteiger partial charge in [-0.1, -0.05) is 47.5 Å². The molecule has 0 saturated heterocycles. The molecule has 2 aromatic heterocycles. The molecule has 6 aromatic rings. The van der Waals surface area contributed by atoms with Crippen LogP contribution in [0, 0.1) is 0 Å². The lowest BCUT2D eigenvalue weighted by Crippen LogP contribution is -2.10. The fourth-order valence-electron chi connectivity index (χ4n) is 4.66. The van der Waals surface area contributed by atoms with E-state index in [0.29, 0.717) is 49.1 Å². The van der Waals surface area contributed by atoms with Gasteiger partial charge in [-0.05, 0) is 78.2 Å². The molecule has 0 atom stereocenters. The van der Waals surface area contributed by atoms with Crippen LogP contribution in [0.15, 0.2) is 84.9 Å². The van der Waals surface area contributed by atoms with Crippen LogP contribution in [-0.4, -0.2) is 26.0 Å². The van der Waals surface area contributed by atoms with Gasteiger partial charge in [0.25, 0.3) is 11.8 Å². The molecule has 0 saturated carbocycles. The summed E-state index contributed by atoms with van der Waals surface area (Å²) in [7, 11) is 3.21. The Labute approximate surface area is 265 Å². The van der Waals surface area contributed by atoms with Crippen molar-refractivity contribution in [2.45, 2.75) is 6.42 Å². The molecule has 10 heteroatoms. The third kappa shape index (κ3) is 6.05. The van der Waals surface area contributed by atoms with E-state index in [1.807, 2.05) is 84.9 Å². The first kappa shape index (κ1) is 29.0. The van der Waals surface area contributed by atoms with Crippen molar-refractivity contribution in [1.82, 2.24) is 0 Å². The molecule has 216 valence electrons. The van der Waals surface area contributed by atoms with Gasteiger partial charge in [-0.2, -0.15) is 0 Å². The highest BCUT2D eigenvalue weighted by Crippen LogP contribution is 2.39. The van der Waals surface area contributed by atoms with E-state index >= 15 is 0 Å². The Bertz CT molecular complexity index is 1840. The second kappa shape index (κ2) is 12.3. The van der Waals surface area contributed by atoms with E-state index in [9.17, 15) is 9.59 Å². The number of rotatable bonds is 8. The molecule has 6 nitrogen and oxygen atoms in total. The maximum Gasteiger partial charge on any atom is 0.267 e. The van der Waals surface area contributed by atoms with Crippen molar-refractivity contribution in [3.05, 3.63) is 116 Å². The van der Waals surface area contributed by atoms with Crippen molar-refractivity contribution in [3.63, 3.8) is 0 Å². The Morgan fingerprint density at radius 3 is 1.40 bits per heavy atom. The summed E-state index contributed by atoms with van der Waals surface area (Å²) in [5.74, 6) is 0.914. The number of carbonyl (C=O) groups is 2. The van der Waals surface area contributed by atoms with Gasteiger partial charge in [-0.25, -0.2) is 0 Å². The van der Waals surface area contributed by atoms with Crippen LogP contribution in [0.4, 0.5) is 11.4 Å². The standard InChI is InChI=1S/C33H24Cl2N2O4S2/c1-40-22-11-13-24-26(16-22)42-30(28(24)34)32(38)36-20-7-3-18(4-8-20)15-19-5-9-21(10-6-19)37-33(39)31-29(35)25-14-12-23(41-2)17-27(25)43-31/h3-14,16-17H,15H2,1-2H3,(H,36,38)(H,37,39). The van der Waals surface area contributed by atoms with Crippen LogP contribution in [-0.2, 0) is 6.42 Å². The predicted molar refractivity (Wildman–Crippen MR) is 178 cm³/mol. The number of hydrogen-bond donors (Lipinski definition) is 2.